The number of ketones is 1. The Labute approximate surface area is 235 Å². The van der Waals surface area contributed by atoms with Crippen LogP contribution >= 0.6 is 0 Å². The van der Waals surface area contributed by atoms with Crippen molar-refractivity contribution in [2.45, 2.75) is 37.1 Å². The Hall–Kier alpha value is -3.44. The number of H-pyrrole nitrogens is 1. The Morgan fingerprint density at radius 2 is 1.80 bits per heavy atom. The van der Waals surface area contributed by atoms with Crippen molar-refractivity contribution in [3.8, 4) is 12.3 Å². The molecular formula is C33H36N4O3. The summed E-state index contributed by atoms with van der Waals surface area (Å²) >= 11 is 0. The first-order valence-corrected chi connectivity index (χ1v) is 14.6. The van der Waals surface area contributed by atoms with Crippen LogP contribution in [0.3, 0.4) is 0 Å². The number of anilines is 1. The number of carbonyl (C=O) groups is 1. The van der Waals surface area contributed by atoms with E-state index in [-0.39, 0.29) is 11.2 Å². The van der Waals surface area contributed by atoms with Crippen LogP contribution in [-0.2, 0) is 14.9 Å². The average molecular weight is 537 g/mol. The standard InChI is InChI=1S/C33H36N4O3/c1-3-23-19-26-27(20-29(23)37-10-6-24(7-11-37)36-12-16-40-17-13-36)33(8-14-39-15-9-33)32-30(31(26)38)25-5-4-22(21-34-2)18-28(25)35-32/h1,4-5,18-21,24,35H,6-17H2,2H3/b34-21-. The van der Waals surface area contributed by atoms with Crippen LogP contribution in [0.2, 0.25) is 0 Å². The number of morpholine rings is 1. The SMILES string of the molecule is C#Cc1cc2c(cc1N1CCC(N3CCOCC3)CC1)C1(CCOCC1)c1[nH]c3cc(/C=N\C)ccc3c1C2=O. The Morgan fingerprint density at radius 1 is 1.05 bits per heavy atom. The number of benzene rings is 2. The molecule has 1 aliphatic carbocycles. The van der Waals surface area contributed by atoms with Gasteiger partial charge in [-0.25, -0.2) is 0 Å². The number of fused-ring (bicyclic) bond motifs is 6. The molecule has 0 bridgehead atoms. The number of carbonyl (C=O) groups excluding carboxylic acids is 1. The van der Waals surface area contributed by atoms with Gasteiger partial charge >= 0.3 is 0 Å². The summed E-state index contributed by atoms with van der Waals surface area (Å²) in [7, 11) is 1.77. The molecule has 7 heteroatoms. The molecule has 3 saturated heterocycles. The maximum absolute atomic E-state index is 14.2. The first-order chi connectivity index (χ1) is 19.6. The highest BCUT2D eigenvalue weighted by atomic mass is 16.5. The molecule has 7 rings (SSSR count). The topological polar surface area (TPSA) is 70.2 Å². The number of hydrogen-bond donors (Lipinski definition) is 1. The quantitative estimate of drug-likeness (QED) is 0.403. The van der Waals surface area contributed by atoms with Crippen molar-refractivity contribution in [1.29, 1.82) is 0 Å². The normalized spacial score (nSPS) is 21.6. The highest BCUT2D eigenvalue weighted by Crippen LogP contribution is 2.50. The van der Waals surface area contributed by atoms with Crippen LogP contribution in [0, 0.1) is 12.3 Å². The number of rotatable bonds is 3. The number of terminal acetylenes is 1. The van der Waals surface area contributed by atoms with E-state index in [1.54, 1.807) is 7.05 Å². The van der Waals surface area contributed by atoms with E-state index in [0.717, 1.165) is 115 Å². The third-order valence-electron chi connectivity index (χ3n) is 9.57. The second-order valence-electron chi connectivity index (χ2n) is 11.5. The molecule has 1 N–H and O–H groups in total. The summed E-state index contributed by atoms with van der Waals surface area (Å²) in [5.41, 5.74) is 7.21. The molecule has 4 aliphatic rings. The molecule has 206 valence electrons. The second kappa shape index (κ2) is 10.2. The van der Waals surface area contributed by atoms with Gasteiger partial charge in [0.2, 0.25) is 0 Å². The predicted octanol–water partition coefficient (Wildman–Crippen LogP) is 4.14. The van der Waals surface area contributed by atoms with Crippen LogP contribution in [0.1, 0.15) is 64.0 Å². The lowest BCUT2D eigenvalue weighted by Crippen LogP contribution is -2.49. The second-order valence-corrected chi connectivity index (χ2v) is 11.5. The number of hydrogen-bond acceptors (Lipinski definition) is 6. The fourth-order valence-corrected chi connectivity index (χ4v) is 7.51. The molecule has 40 heavy (non-hydrogen) atoms. The third kappa shape index (κ3) is 4.01. The van der Waals surface area contributed by atoms with Gasteiger partial charge in [-0.3, -0.25) is 14.7 Å². The van der Waals surface area contributed by atoms with E-state index in [0.29, 0.717) is 19.3 Å². The molecule has 0 atom stereocenters. The predicted molar refractivity (Wildman–Crippen MR) is 158 cm³/mol. The van der Waals surface area contributed by atoms with Crippen LogP contribution in [0.5, 0.6) is 0 Å². The van der Waals surface area contributed by atoms with Gasteiger partial charge in [0.15, 0.2) is 5.78 Å². The van der Waals surface area contributed by atoms with Crippen molar-refractivity contribution in [2.24, 2.45) is 4.99 Å². The van der Waals surface area contributed by atoms with Crippen molar-refractivity contribution in [2.75, 3.05) is 64.6 Å². The van der Waals surface area contributed by atoms with Gasteiger partial charge in [-0.05, 0) is 55.0 Å². The Bertz CT molecular complexity index is 1530. The van der Waals surface area contributed by atoms with Crippen LogP contribution in [0.4, 0.5) is 5.69 Å². The lowest BCUT2D eigenvalue weighted by molar-refractivity contribution is 0.0115. The highest BCUT2D eigenvalue weighted by Gasteiger charge is 2.47. The molecule has 0 unspecified atom stereocenters. The number of piperidine rings is 1. The molecule has 0 amide bonds. The maximum atomic E-state index is 14.2. The molecule has 3 aromatic rings. The summed E-state index contributed by atoms with van der Waals surface area (Å²) < 4.78 is 11.4. The molecule has 0 radical (unpaired) electrons. The summed E-state index contributed by atoms with van der Waals surface area (Å²) in [5.74, 6) is 2.99. The summed E-state index contributed by atoms with van der Waals surface area (Å²) in [4.78, 5) is 27.1. The number of aromatic nitrogens is 1. The molecular weight excluding hydrogens is 500 g/mol. The minimum absolute atomic E-state index is 0.0550. The van der Waals surface area contributed by atoms with Crippen molar-refractivity contribution in [3.63, 3.8) is 0 Å². The van der Waals surface area contributed by atoms with E-state index in [1.165, 1.54) is 0 Å². The van der Waals surface area contributed by atoms with Crippen LogP contribution in [0.25, 0.3) is 10.9 Å². The minimum Gasteiger partial charge on any atom is -0.381 e. The Balaban J connectivity index is 1.31. The fourth-order valence-electron chi connectivity index (χ4n) is 7.51. The van der Waals surface area contributed by atoms with E-state index in [1.807, 2.05) is 24.4 Å². The third-order valence-corrected chi connectivity index (χ3v) is 9.57. The Kier molecular flexibility index (Phi) is 6.50. The largest absolute Gasteiger partial charge is 0.381 e. The van der Waals surface area contributed by atoms with Gasteiger partial charge in [-0.15, -0.1) is 6.42 Å². The molecule has 1 spiro atoms. The Morgan fingerprint density at radius 3 is 2.52 bits per heavy atom. The fraction of sp³-hybridized carbons (Fsp3) is 0.455. The van der Waals surface area contributed by atoms with Crippen molar-refractivity contribution >= 4 is 28.6 Å². The summed E-state index contributed by atoms with van der Waals surface area (Å²) in [5, 5.41) is 0.960. The van der Waals surface area contributed by atoms with Gasteiger partial charge in [-0.2, -0.15) is 0 Å². The van der Waals surface area contributed by atoms with Crippen LogP contribution < -0.4 is 4.90 Å². The van der Waals surface area contributed by atoms with Crippen LogP contribution in [-0.4, -0.2) is 87.6 Å². The number of nitrogens with one attached hydrogen (secondary N) is 1. The van der Waals surface area contributed by atoms with Crippen molar-refractivity contribution in [1.82, 2.24) is 9.88 Å². The van der Waals surface area contributed by atoms with E-state index in [2.05, 4.69) is 37.8 Å². The van der Waals surface area contributed by atoms with Gasteiger partial charge in [0.05, 0.1) is 24.5 Å². The molecule has 7 nitrogen and oxygen atoms in total. The number of aromatic amines is 1. The van der Waals surface area contributed by atoms with Gasteiger partial charge in [0, 0.05) is 91.8 Å². The molecule has 4 heterocycles. The first kappa shape index (κ1) is 25.5. The number of ether oxygens (including phenoxy) is 2. The van der Waals surface area contributed by atoms with Crippen LogP contribution in [0.15, 0.2) is 35.3 Å². The molecule has 3 aliphatic heterocycles. The van der Waals surface area contributed by atoms with E-state index in [9.17, 15) is 4.79 Å². The summed E-state index contributed by atoms with van der Waals surface area (Å²) in [6.45, 7) is 6.93. The monoisotopic (exact) mass is 536 g/mol. The number of nitrogens with zero attached hydrogens (tertiary/aromatic N) is 3. The molecule has 1 aromatic heterocycles. The minimum atomic E-state index is -0.317. The van der Waals surface area contributed by atoms with E-state index < -0.39 is 0 Å². The van der Waals surface area contributed by atoms with Gasteiger partial charge in [0.25, 0.3) is 0 Å². The van der Waals surface area contributed by atoms with Gasteiger partial charge < -0.3 is 19.4 Å². The summed E-state index contributed by atoms with van der Waals surface area (Å²) in [6, 6.07) is 11.0. The average Bonchev–Trinajstić information content (AvgIpc) is 3.40. The zero-order valence-corrected chi connectivity index (χ0v) is 23.2. The molecule has 3 fully saturated rings. The molecule has 0 saturated carbocycles. The van der Waals surface area contributed by atoms with Crippen molar-refractivity contribution in [3.05, 3.63) is 63.8 Å². The summed E-state index contributed by atoms with van der Waals surface area (Å²) in [6.07, 6.45) is 11.8. The van der Waals surface area contributed by atoms with E-state index in [4.69, 9.17) is 15.9 Å². The highest BCUT2D eigenvalue weighted by molar-refractivity contribution is 6.20. The lowest BCUT2D eigenvalue weighted by Gasteiger charge is -2.43. The molecule has 2 aromatic carbocycles. The zero-order chi connectivity index (χ0) is 27.3. The first-order valence-electron chi connectivity index (χ1n) is 14.6. The van der Waals surface area contributed by atoms with Gasteiger partial charge in [-0.1, -0.05) is 18.1 Å². The van der Waals surface area contributed by atoms with E-state index >= 15 is 0 Å². The lowest BCUT2D eigenvalue weighted by atomic mass is 9.64. The number of aliphatic imine (C=N–C) groups is 1. The smallest absolute Gasteiger partial charge is 0.195 e. The van der Waals surface area contributed by atoms with Crippen molar-refractivity contribution < 1.29 is 14.3 Å². The van der Waals surface area contributed by atoms with Gasteiger partial charge in [0.1, 0.15) is 0 Å². The maximum Gasteiger partial charge on any atom is 0.195 e. The zero-order valence-electron chi connectivity index (χ0n) is 23.2.